The Hall–Kier alpha value is -3.75. The number of benzene rings is 1. The molecule has 5 heterocycles. The first-order chi connectivity index (χ1) is 23.6. The Morgan fingerprint density at radius 1 is 1.10 bits per heavy atom. The number of H-pyrrole nitrogens is 1. The number of likely N-dealkylation sites (tertiary alicyclic amines) is 1. The number of nitrogens with one attached hydrogen (secondary N) is 2. The third-order valence-corrected chi connectivity index (χ3v) is 10.6. The molecule has 3 aromatic rings. The van der Waals surface area contributed by atoms with Crippen molar-refractivity contribution in [1.82, 2.24) is 20.2 Å². The Kier molecular flexibility index (Phi) is 10.2. The lowest BCUT2D eigenvalue weighted by molar-refractivity contribution is -0.159. The van der Waals surface area contributed by atoms with Gasteiger partial charge in [-0.25, -0.2) is 4.98 Å². The summed E-state index contributed by atoms with van der Waals surface area (Å²) in [5.74, 6) is -0.0622. The van der Waals surface area contributed by atoms with Crippen molar-refractivity contribution in [3.8, 4) is 22.6 Å². The van der Waals surface area contributed by atoms with E-state index in [1.54, 1.807) is 19.2 Å². The molecule has 14 heteroatoms. The van der Waals surface area contributed by atoms with E-state index in [0.29, 0.717) is 65.2 Å². The van der Waals surface area contributed by atoms with Gasteiger partial charge in [0.1, 0.15) is 5.82 Å². The maximum atomic E-state index is 13.9. The molecule has 0 unspecified atom stereocenters. The Morgan fingerprint density at radius 2 is 1.78 bits per heavy atom. The summed E-state index contributed by atoms with van der Waals surface area (Å²) in [5.41, 5.74) is 3.16. The molecule has 1 aromatic carbocycles. The summed E-state index contributed by atoms with van der Waals surface area (Å²) >= 11 is 1.43. The summed E-state index contributed by atoms with van der Waals surface area (Å²) in [6, 6.07) is 7.51. The quantitative estimate of drug-likeness (QED) is 0.269. The van der Waals surface area contributed by atoms with E-state index in [1.165, 1.54) is 16.7 Å². The first kappa shape index (κ1) is 36.1. The molecule has 0 bridgehead atoms. The number of fused-ring (bicyclic) bond motifs is 1. The Bertz CT molecular complexity index is 1780. The standard InChI is InChI=1S/C36H44F3N5O5S/c1-20-13-29(50-6)28(34(46)42-20)16-41-33(45)26-14-27(24-7-8-30(40-15-24)44-17-21(2)47-22(3)18-44)32-31(23(26)4)48-35(5,49-32)25-9-11-43(12-10-25)19-36(37,38)39/h7-8,13-15,21-22,25H,9-12,16-19H2,1-6H3,(H,41,45)(H,42,46)/t21-,22+,35-/m1/s1. The zero-order chi connectivity index (χ0) is 36.0. The molecule has 2 aromatic heterocycles. The number of hydrogen-bond acceptors (Lipinski definition) is 9. The van der Waals surface area contributed by atoms with Gasteiger partial charge in [-0.3, -0.25) is 14.5 Å². The average molecular weight is 716 g/mol. The van der Waals surface area contributed by atoms with E-state index < -0.39 is 24.4 Å². The van der Waals surface area contributed by atoms with Crippen molar-refractivity contribution < 1.29 is 32.2 Å². The first-order valence-electron chi connectivity index (χ1n) is 16.9. The molecule has 10 nitrogen and oxygen atoms in total. The molecule has 0 radical (unpaired) electrons. The van der Waals surface area contributed by atoms with E-state index in [2.05, 4.69) is 15.2 Å². The number of aromatic nitrogens is 2. The number of pyridine rings is 2. The summed E-state index contributed by atoms with van der Waals surface area (Å²) in [4.78, 5) is 38.6. The van der Waals surface area contributed by atoms with Crippen LogP contribution in [0.4, 0.5) is 19.0 Å². The van der Waals surface area contributed by atoms with Gasteiger partial charge in [-0.15, -0.1) is 11.8 Å². The number of halogens is 3. The molecule has 0 aliphatic carbocycles. The highest BCUT2D eigenvalue weighted by Crippen LogP contribution is 2.52. The topological polar surface area (TPSA) is 109 Å². The minimum absolute atomic E-state index is 0.0225. The van der Waals surface area contributed by atoms with Crippen molar-refractivity contribution in [3.63, 3.8) is 0 Å². The van der Waals surface area contributed by atoms with Crippen LogP contribution in [0.1, 0.15) is 60.8 Å². The fraction of sp³-hybridized carbons (Fsp3) is 0.528. The lowest BCUT2D eigenvalue weighted by Crippen LogP contribution is -2.49. The number of carbonyl (C=O) groups excluding carboxylic acids is 1. The molecule has 0 saturated carbocycles. The van der Waals surface area contributed by atoms with Crippen LogP contribution in [0.3, 0.4) is 0 Å². The maximum absolute atomic E-state index is 13.9. The van der Waals surface area contributed by atoms with E-state index in [1.807, 2.05) is 52.1 Å². The van der Waals surface area contributed by atoms with Gasteiger partial charge in [-0.05, 0) is 84.1 Å². The van der Waals surface area contributed by atoms with Crippen LogP contribution in [0.15, 0.2) is 40.2 Å². The van der Waals surface area contributed by atoms with E-state index in [-0.39, 0.29) is 43.3 Å². The van der Waals surface area contributed by atoms with Crippen LogP contribution in [0.2, 0.25) is 0 Å². The molecule has 2 saturated heterocycles. The van der Waals surface area contributed by atoms with E-state index in [9.17, 15) is 22.8 Å². The fourth-order valence-corrected chi connectivity index (χ4v) is 7.97. The van der Waals surface area contributed by atoms with Gasteiger partial charge in [0, 0.05) is 77.1 Å². The van der Waals surface area contributed by atoms with Gasteiger partial charge in [0.05, 0.1) is 18.8 Å². The third kappa shape index (κ3) is 7.62. The number of piperidine rings is 1. The predicted molar refractivity (Wildman–Crippen MR) is 186 cm³/mol. The average Bonchev–Trinajstić information content (AvgIpc) is 3.42. The Labute approximate surface area is 294 Å². The van der Waals surface area contributed by atoms with Crippen molar-refractivity contribution in [3.05, 3.63) is 63.2 Å². The molecule has 3 aliphatic heterocycles. The number of ether oxygens (including phenoxy) is 3. The van der Waals surface area contributed by atoms with Crippen molar-refractivity contribution in [2.75, 3.05) is 43.9 Å². The highest BCUT2D eigenvalue weighted by molar-refractivity contribution is 7.98. The molecule has 2 N–H and O–H groups in total. The molecule has 6 rings (SSSR count). The lowest BCUT2D eigenvalue weighted by Gasteiger charge is -2.39. The van der Waals surface area contributed by atoms with Gasteiger partial charge in [-0.1, -0.05) is 0 Å². The lowest BCUT2D eigenvalue weighted by atomic mass is 9.89. The second kappa shape index (κ2) is 14.1. The van der Waals surface area contributed by atoms with Crippen LogP contribution in [0, 0.1) is 19.8 Å². The van der Waals surface area contributed by atoms with E-state index in [0.717, 1.165) is 16.4 Å². The molecule has 1 amide bonds. The van der Waals surface area contributed by atoms with Gasteiger partial charge in [0.15, 0.2) is 11.5 Å². The molecule has 3 aliphatic rings. The van der Waals surface area contributed by atoms with Crippen LogP contribution in [-0.2, 0) is 11.3 Å². The Morgan fingerprint density at radius 3 is 2.40 bits per heavy atom. The summed E-state index contributed by atoms with van der Waals surface area (Å²) in [7, 11) is 0. The molecule has 2 fully saturated rings. The molecular formula is C36H44F3N5O5S. The van der Waals surface area contributed by atoms with Crippen molar-refractivity contribution in [2.24, 2.45) is 5.92 Å². The minimum atomic E-state index is -4.26. The number of carbonyl (C=O) groups is 1. The summed E-state index contributed by atoms with van der Waals surface area (Å²) in [5, 5.41) is 2.93. The number of nitrogens with zero attached hydrogens (tertiary/aromatic N) is 3. The van der Waals surface area contributed by atoms with Crippen LogP contribution >= 0.6 is 11.8 Å². The number of morpholine rings is 1. The van der Waals surface area contributed by atoms with Gasteiger partial charge in [-0.2, -0.15) is 13.2 Å². The monoisotopic (exact) mass is 715 g/mol. The first-order valence-corrected chi connectivity index (χ1v) is 18.1. The van der Waals surface area contributed by atoms with Crippen LogP contribution < -0.4 is 25.2 Å². The van der Waals surface area contributed by atoms with Crippen LogP contribution in [0.5, 0.6) is 11.5 Å². The third-order valence-electron chi connectivity index (χ3n) is 9.75. The number of thioether (sulfide) groups is 1. The predicted octanol–water partition coefficient (Wildman–Crippen LogP) is 6.08. The van der Waals surface area contributed by atoms with Gasteiger partial charge < -0.3 is 29.4 Å². The summed E-state index contributed by atoms with van der Waals surface area (Å²) in [6.07, 6.45) is 0.403. The van der Waals surface area contributed by atoms with Crippen molar-refractivity contribution >= 4 is 23.5 Å². The number of alkyl halides is 3. The van der Waals surface area contributed by atoms with Gasteiger partial charge in [0.2, 0.25) is 0 Å². The molecule has 3 atom stereocenters. The van der Waals surface area contributed by atoms with Crippen molar-refractivity contribution in [2.45, 2.75) is 83.1 Å². The number of hydrogen-bond donors (Lipinski definition) is 2. The zero-order valence-corrected chi connectivity index (χ0v) is 30.0. The number of anilines is 1. The number of amides is 1. The van der Waals surface area contributed by atoms with Gasteiger partial charge in [0.25, 0.3) is 17.3 Å². The normalized spacial score (nSPS) is 22.9. The minimum Gasteiger partial charge on any atom is -0.448 e. The highest BCUT2D eigenvalue weighted by Gasteiger charge is 2.48. The smallest absolute Gasteiger partial charge is 0.401 e. The molecular weight excluding hydrogens is 671 g/mol. The van der Waals surface area contributed by atoms with Crippen LogP contribution in [0.25, 0.3) is 11.1 Å². The summed E-state index contributed by atoms with van der Waals surface area (Å²) < 4.78 is 58.3. The molecule has 50 heavy (non-hydrogen) atoms. The number of aryl methyl sites for hydroxylation is 1. The number of rotatable bonds is 8. The van der Waals surface area contributed by atoms with Gasteiger partial charge >= 0.3 is 6.18 Å². The highest BCUT2D eigenvalue weighted by atomic mass is 32.2. The van der Waals surface area contributed by atoms with Crippen molar-refractivity contribution in [1.29, 1.82) is 0 Å². The largest absolute Gasteiger partial charge is 0.448 e. The number of aromatic amines is 1. The summed E-state index contributed by atoms with van der Waals surface area (Å²) in [6.45, 7) is 10.5. The SMILES string of the molecule is CSc1cc(C)[nH]c(=O)c1CNC(=O)c1cc(-c2ccc(N3C[C@@H](C)O[C@@H](C)C3)nc2)c2c(c1C)O[C@@](C)(C1CCN(CC(F)(F)F)CC1)O2. The zero-order valence-electron chi connectivity index (χ0n) is 29.2. The second-order valence-electron chi connectivity index (χ2n) is 13.7. The second-order valence-corrected chi connectivity index (χ2v) is 14.6. The molecule has 270 valence electrons. The van der Waals surface area contributed by atoms with E-state index in [4.69, 9.17) is 19.2 Å². The van der Waals surface area contributed by atoms with Crippen LogP contribution in [-0.4, -0.2) is 83.9 Å². The Balaban J connectivity index is 1.32. The van der Waals surface area contributed by atoms with E-state index >= 15 is 0 Å². The molecule has 0 spiro atoms. The fourth-order valence-electron chi connectivity index (χ4n) is 7.27. The maximum Gasteiger partial charge on any atom is 0.401 e.